The van der Waals surface area contributed by atoms with Crippen LogP contribution in [0.4, 0.5) is 25.8 Å². The third-order valence-electron chi connectivity index (χ3n) is 13.0. The molecule has 8 amide bonds. The topological polar surface area (TPSA) is 1100 Å². The second kappa shape index (κ2) is 160. The summed E-state index contributed by atoms with van der Waals surface area (Å²) in [4.78, 5) is 180. The van der Waals surface area contributed by atoms with Gasteiger partial charge in [0.15, 0.2) is 0 Å². The smallest absolute Gasteiger partial charge is 0.693 e. The first kappa shape index (κ1) is 222. The van der Waals surface area contributed by atoms with Gasteiger partial charge in [-0.25, -0.2) is 19.9 Å². The molecule has 149 heavy (non-hydrogen) atoms. The number of carbonyl (C=O) groups excluding carboxylic acids is 8. The van der Waals surface area contributed by atoms with Gasteiger partial charge < -0.3 is 197 Å². The average Bonchev–Trinajstić information content (AvgIpc) is 0.920. The summed E-state index contributed by atoms with van der Waals surface area (Å²) >= 11 is -3.31. The Bertz CT molecular complexity index is 4050. The summed E-state index contributed by atoms with van der Waals surface area (Å²) in [6.07, 6.45) is 0.994. The van der Waals surface area contributed by atoms with Gasteiger partial charge in [0.2, 0.25) is 29.5 Å². The summed E-state index contributed by atoms with van der Waals surface area (Å²) in [5.41, 5.74) is 27.6. The van der Waals surface area contributed by atoms with Crippen molar-refractivity contribution in [3.63, 3.8) is 0 Å². The number of nitrogens with two attached hydrogens (primary N) is 18. The van der Waals surface area contributed by atoms with E-state index in [1.807, 2.05) is 19.9 Å². The molecule has 0 fully saturated rings. The molecule has 49 N–H and O–H groups in total. The molecule has 906 valence electrons. The number of primary amides is 4. The normalized spacial score (nSPS) is 7.91. The minimum Gasteiger partial charge on any atom is -0.693 e. The van der Waals surface area contributed by atoms with Gasteiger partial charge in [0.1, 0.15) is 17.3 Å². The Morgan fingerprint density at radius 1 is 0.302 bits per heavy atom. The molecule has 6 rings (SSSR count). The third-order valence-corrected chi connectivity index (χ3v) is 13.0. The molecule has 0 aromatic heterocycles. The van der Waals surface area contributed by atoms with Crippen LogP contribution in [0, 0.1) is 37.1 Å². The van der Waals surface area contributed by atoms with Crippen LogP contribution in [-0.2, 0) is 195 Å². The minimum absolute atomic E-state index is 0. The number of hydroxylamine groups is 1. The minimum atomic E-state index is -1.12. The number of Topliss-reactive ketones (excluding diaryl/α,β-unsaturated/α-hetero) is 3. The number of para-hydroxylation sites is 1. The first-order chi connectivity index (χ1) is 61.0. The Kier molecular flexibility index (Phi) is 239. The standard InChI is InChI=1S/C16H22N2O5.2C12H13NO4.2C9H9NO3.C7H7NO2.C5H11NO2.2C2H4O2.5CH3.14ClH.14H2N.7Pt/c19-14(5-3-1-2-4-6-15(20)18-23)11-12-7-9-13(10-8-12)17-16(21)22;2*13-12(17)9-3-1-2-8(6-9)7-10(14)4-5-11(15)16;2*10-9(13)7-3-1-2-6(4-7)5-8(11)12;9-7(10)8-6-4-2-1-3-5-6;1-3-6(4-2)5(7)8;2*1-2(3)4;;;;;;;;;;;;;;;;;;;;;;;;;;;;;;;;;;;;;;;;/h7-10,17,23H,1-6,11H2,(H,18,20)(H,21,22);2*1-3,6H,4-5,7H2,(H2,13,17)(H,15,16);2*1-4H,5H2,(H2,10,13)(H,11,12);1-5,8H,(H,9,10);3-4H2,1-2H3,(H,7,8);2*1H3,(H,3,4);5*1H3;14*1H;14*1H2;;;;;;;/q;;;;;;;;;5*-1;;;;;;;;;;;;;;;14*-1;5*+2;2*+4/p-14. The Hall–Kier alpha value is -5.41. The monoisotopic (exact) mass is 3680 g/mol. The number of aliphatic carboxylic acids is 6. The first-order valence-electron chi connectivity index (χ1n) is 34.2. The quantitative estimate of drug-likeness (QED) is 0.00832. The van der Waals surface area contributed by atoms with E-state index in [-0.39, 0.29) is 198 Å². The molecular weight excluding hydrogens is 3550 g/mol. The van der Waals surface area contributed by atoms with Crippen molar-refractivity contribution in [3.05, 3.63) is 325 Å². The van der Waals surface area contributed by atoms with Crippen LogP contribution >= 0.6 is 132 Å². The molecule has 0 spiro atoms. The van der Waals surface area contributed by atoms with Crippen LogP contribution in [0.3, 0.4) is 0 Å². The molecule has 6 aromatic carbocycles. The first-order valence-corrected chi connectivity index (χ1v) is 73.6. The predicted octanol–water partition coefficient (Wildman–Crippen LogP) is 30.0. The Morgan fingerprint density at radius 3 is 0.711 bits per heavy atom. The fourth-order valence-electron chi connectivity index (χ4n) is 8.11. The van der Waals surface area contributed by atoms with E-state index in [2.05, 4.69) is 10.6 Å². The number of unbranched alkanes of at least 4 members (excludes halogenated alkanes) is 3. The van der Waals surface area contributed by atoms with Gasteiger partial charge in [-0.15, -0.1) is 0 Å². The molecule has 0 aliphatic heterocycles. The van der Waals surface area contributed by atoms with Crippen molar-refractivity contribution in [1.29, 1.82) is 0 Å². The van der Waals surface area contributed by atoms with Gasteiger partial charge >= 0.3 is 289 Å². The van der Waals surface area contributed by atoms with E-state index in [1.54, 1.807) is 139 Å². The van der Waals surface area contributed by atoms with E-state index in [0.717, 1.165) is 38.7 Å². The van der Waals surface area contributed by atoms with Gasteiger partial charge in [-0.05, 0) is 127 Å². The van der Waals surface area contributed by atoms with Crippen LogP contribution in [-0.4, -0.2) is 170 Å². The van der Waals surface area contributed by atoms with E-state index >= 15 is 0 Å². The number of benzene rings is 6. The second-order valence-electron chi connectivity index (χ2n) is 22.5. The van der Waals surface area contributed by atoms with Gasteiger partial charge in [-0.2, -0.15) is 0 Å². The summed E-state index contributed by atoms with van der Waals surface area (Å²) in [5, 5.41) is 86.6. The van der Waals surface area contributed by atoms with E-state index in [4.69, 9.17) is 216 Å². The number of ketones is 3. The van der Waals surface area contributed by atoms with E-state index in [1.165, 1.54) is 17.0 Å². The van der Waals surface area contributed by atoms with Gasteiger partial charge in [-0.3, -0.25) is 83.0 Å². The third kappa shape index (κ3) is 179. The zero-order valence-electron chi connectivity index (χ0n) is 80.7. The number of amides is 8. The number of carbonyl (C=O) groups is 17. The van der Waals surface area contributed by atoms with Crippen molar-refractivity contribution in [3.8, 4) is 0 Å². The summed E-state index contributed by atoms with van der Waals surface area (Å²) in [6, 6.07) is 40.9. The van der Waals surface area contributed by atoms with Crippen LogP contribution in [0.1, 0.15) is 161 Å². The van der Waals surface area contributed by atoms with Gasteiger partial charge in [0.05, 0.1) is 25.7 Å². The fraction of sp³-hybridized carbons (Fsp3) is 0.266. The summed E-state index contributed by atoms with van der Waals surface area (Å²) in [5.74, 6) is -8.31. The second-order valence-corrected chi connectivity index (χ2v) is 45.5. The number of nitrogens with one attached hydrogen (secondary N) is 3. The van der Waals surface area contributed by atoms with Crippen molar-refractivity contribution >= 4 is 244 Å². The molecule has 0 radical (unpaired) electrons. The Morgan fingerprint density at radius 2 is 0.517 bits per heavy atom. The van der Waals surface area contributed by atoms with E-state index < -0.39 is 193 Å². The molecule has 0 unspecified atom stereocenters. The van der Waals surface area contributed by atoms with Crippen LogP contribution in [0.15, 0.2) is 152 Å². The molecule has 49 nitrogen and oxygen atoms in total. The van der Waals surface area contributed by atoms with Crippen LogP contribution < -0.4 is 39.0 Å². The maximum atomic E-state index is 11.9. The number of anilines is 2. The van der Waals surface area contributed by atoms with Crippen molar-refractivity contribution in [2.45, 2.75) is 124 Å². The van der Waals surface area contributed by atoms with Crippen molar-refractivity contribution in [2.24, 2.45) is 22.9 Å². The number of carboxylic acid groups (broad SMARTS) is 9. The SMILES string of the molecule is CC(=O)O.CC(=O)O.CCN(CC)C(=O)O.NC(=O)c1cccc(CC(=O)CCC(=O)O)c1.NC(=O)c1cccc(CC(=O)CCC(=O)O)c1.NC(=O)c1cccc(CC(=O)O)c1.NC(=O)c1cccc(CC(=O)O)c1.O=C(CCCCCCC(=O)NO)Cc1ccc(NC(=O)O)cc1.O=C(O)Nc1ccccc1.[CH3-].[CH3-].[CH3-].[CH3-].[CH3-].[Cl][Pt+2][Cl].[Cl][Pt+2][Cl].[Cl][Pt][Cl].[Cl][Pt][Cl].[Cl][Pt][Cl].[Cl][Pt][Cl].[Cl][Pt][Cl].[NH2-].[NH2-].[NH2-].[NH2-].[NH2-].[NH2-].[NH2-].[NH2-].[NH2-].[NH2-].[NH2-].[NH2-].[NH2-].[NH2-]. The molecule has 0 bridgehead atoms. The molecule has 0 saturated carbocycles. The number of carboxylic acids is 6. The zero-order chi connectivity index (χ0) is 103. The molecule has 0 aliphatic carbocycles. The molecule has 0 saturated heterocycles. The molecular formula is C79H135Cl14N22O27Pt7-15. The maximum absolute atomic E-state index is 11.9. The Balaban J connectivity index is -0.0000000396. The average molecular weight is 3690 g/mol. The molecule has 0 heterocycles. The van der Waals surface area contributed by atoms with Crippen LogP contribution in [0.2, 0.25) is 0 Å². The summed E-state index contributed by atoms with van der Waals surface area (Å²) in [7, 11) is 68.2. The number of hydrogen-bond donors (Lipinski definition) is 17. The van der Waals surface area contributed by atoms with Crippen molar-refractivity contribution in [2.75, 3.05) is 23.7 Å². The maximum Gasteiger partial charge on any atom is -0.693 e. The van der Waals surface area contributed by atoms with Gasteiger partial charge in [0.25, 0.3) is 11.9 Å². The number of nitrogens with zero attached hydrogens (tertiary/aromatic N) is 1. The van der Waals surface area contributed by atoms with E-state index in [0.29, 0.717) is 94.7 Å². The summed E-state index contributed by atoms with van der Waals surface area (Å²) in [6.45, 7) is 6.95. The summed E-state index contributed by atoms with van der Waals surface area (Å²) < 4.78 is 0. The van der Waals surface area contributed by atoms with Crippen LogP contribution in [0.25, 0.3) is 86.1 Å². The van der Waals surface area contributed by atoms with E-state index in [9.17, 15) is 71.9 Å². The molecule has 6 aromatic rings. The molecule has 0 atom stereocenters. The number of hydrogen-bond acceptors (Lipinski definition) is 18. The molecule has 0 aliphatic rings. The predicted molar refractivity (Wildman–Crippen MR) is 582 cm³/mol. The van der Waals surface area contributed by atoms with Gasteiger partial charge in [-0.1, -0.05) is 91.7 Å². The Labute approximate surface area is 987 Å². The van der Waals surface area contributed by atoms with Crippen molar-refractivity contribution < 1.29 is 248 Å². The van der Waals surface area contributed by atoms with Crippen molar-refractivity contribution in [1.82, 2.24) is 10.4 Å². The van der Waals surface area contributed by atoms with Gasteiger partial charge in [0, 0.05) is 106 Å². The number of rotatable bonds is 31. The largest absolute Gasteiger partial charge is 0.693 e. The number of halogens is 14. The fourth-order valence-corrected chi connectivity index (χ4v) is 8.11. The molecule has 70 heteroatoms. The zero-order valence-corrected chi connectivity index (χ0v) is 107. The van der Waals surface area contributed by atoms with Crippen LogP contribution in [0.5, 0.6) is 0 Å².